The van der Waals surface area contributed by atoms with Crippen molar-refractivity contribution in [2.24, 2.45) is 5.73 Å². The van der Waals surface area contributed by atoms with Crippen molar-refractivity contribution in [3.8, 4) is 0 Å². The number of aryl methyl sites for hydroxylation is 1. The fourth-order valence-corrected chi connectivity index (χ4v) is 2.32. The molecule has 0 radical (unpaired) electrons. The predicted octanol–water partition coefficient (Wildman–Crippen LogP) is 3.64. The Morgan fingerprint density at radius 3 is 2.70 bits per heavy atom. The maximum absolute atomic E-state index is 12.3. The van der Waals surface area contributed by atoms with Crippen LogP contribution < -0.4 is 11.1 Å². The largest absolute Gasteiger partial charge is 0.389 e. The molecule has 2 rings (SSSR count). The molecule has 0 saturated heterocycles. The molecule has 5 heteroatoms. The Bertz CT molecular complexity index is 685. The zero-order chi connectivity index (χ0) is 14.7. The van der Waals surface area contributed by atoms with E-state index in [1.807, 2.05) is 25.1 Å². The van der Waals surface area contributed by atoms with Crippen LogP contribution in [0.25, 0.3) is 0 Å². The molecule has 20 heavy (non-hydrogen) atoms. The van der Waals surface area contributed by atoms with Crippen molar-refractivity contribution < 1.29 is 4.79 Å². The van der Waals surface area contributed by atoms with Gasteiger partial charge in [0.15, 0.2) is 0 Å². The molecule has 0 spiro atoms. The van der Waals surface area contributed by atoms with Crippen LogP contribution in [0.3, 0.4) is 0 Å². The van der Waals surface area contributed by atoms with Gasteiger partial charge < -0.3 is 11.1 Å². The van der Waals surface area contributed by atoms with E-state index in [1.165, 1.54) is 0 Å². The average Bonchev–Trinajstić information content (AvgIpc) is 2.41. The van der Waals surface area contributed by atoms with Crippen molar-refractivity contribution in [2.75, 3.05) is 5.32 Å². The third-order valence-electron chi connectivity index (χ3n) is 2.77. The van der Waals surface area contributed by atoms with Gasteiger partial charge in [0.25, 0.3) is 5.91 Å². The van der Waals surface area contributed by atoms with Crippen molar-refractivity contribution in [3.63, 3.8) is 0 Å². The molecule has 1 amide bonds. The summed E-state index contributed by atoms with van der Waals surface area (Å²) in [5.41, 5.74) is 8.58. The molecular weight excluding hydrogens is 336 g/mol. The highest BCUT2D eigenvalue weighted by Crippen LogP contribution is 2.20. The quantitative estimate of drug-likeness (QED) is 0.832. The fraction of sp³-hybridized carbons (Fsp3) is 0.0667. The summed E-state index contributed by atoms with van der Waals surface area (Å²) in [6.45, 7) is 1.94. The van der Waals surface area contributed by atoms with Gasteiger partial charge in [0, 0.05) is 15.7 Å². The van der Waals surface area contributed by atoms with E-state index in [0.29, 0.717) is 16.2 Å². The summed E-state index contributed by atoms with van der Waals surface area (Å²) >= 11 is 8.30. The summed E-state index contributed by atoms with van der Waals surface area (Å²) in [4.78, 5) is 12.6. The number of hydrogen-bond acceptors (Lipinski definition) is 2. The summed E-state index contributed by atoms with van der Waals surface area (Å²) < 4.78 is 0.756. The van der Waals surface area contributed by atoms with Crippen LogP contribution in [-0.4, -0.2) is 10.9 Å². The minimum atomic E-state index is -0.180. The van der Waals surface area contributed by atoms with Gasteiger partial charge in [0.1, 0.15) is 4.99 Å². The van der Waals surface area contributed by atoms with E-state index in [4.69, 9.17) is 18.0 Å². The Labute approximate surface area is 131 Å². The molecule has 0 aliphatic heterocycles. The molecule has 0 heterocycles. The zero-order valence-electron chi connectivity index (χ0n) is 10.8. The lowest BCUT2D eigenvalue weighted by molar-refractivity contribution is 0.102. The molecule has 0 fully saturated rings. The highest BCUT2D eigenvalue weighted by molar-refractivity contribution is 9.10. The lowest BCUT2D eigenvalue weighted by atomic mass is 10.1. The van der Waals surface area contributed by atoms with Crippen LogP contribution in [-0.2, 0) is 0 Å². The Hall–Kier alpha value is -1.72. The third kappa shape index (κ3) is 3.43. The van der Waals surface area contributed by atoms with Crippen LogP contribution in [0.15, 0.2) is 46.9 Å². The SMILES string of the molecule is Cc1ccc(Br)c(C(=O)Nc2cccc(C(N)=S)c2)c1. The van der Waals surface area contributed by atoms with E-state index in [0.717, 1.165) is 15.6 Å². The maximum atomic E-state index is 12.3. The predicted molar refractivity (Wildman–Crippen MR) is 89.2 cm³/mol. The number of halogens is 1. The monoisotopic (exact) mass is 348 g/mol. The topological polar surface area (TPSA) is 55.1 Å². The number of rotatable bonds is 3. The van der Waals surface area contributed by atoms with E-state index >= 15 is 0 Å². The van der Waals surface area contributed by atoms with Gasteiger partial charge in [-0.3, -0.25) is 4.79 Å². The third-order valence-corrected chi connectivity index (χ3v) is 3.70. The Morgan fingerprint density at radius 2 is 2.00 bits per heavy atom. The summed E-state index contributed by atoms with van der Waals surface area (Å²) in [6, 6.07) is 12.8. The molecule has 2 aromatic rings. The number of anilines is 1. The lowest BCUT2D eigenvalue weighted by Crippen LogP contribution is -2.14. The van der Waals surface area contributed by atoms with Crippen molar-refractivity contribution in [1.82, 2.24) is 0 Å². The molecular formula is C15H13BrN2OS. The van der Waals surface area contributed by atoms with E-state index in [2.05, 4.69) is 21.2 Å². The normalized spacial score (nSPS) is 10.1. The van der Waals surface area contributed by atoms with E-state index < -0.39 is 0 Å². The molecule has 102 valence electrons. The first-order chi connectivity index (χ1) is 9.47. The number of benzene rings is 2. The van der Waals surface area contributed by atoms with Crippen molar-refractivity contribution in [3.05, 3.63) is 63.6 Å². The molecule has 0 aliphatic carbocycles. The fourth-order valence-electron chi connectivity index (χ4n) is 1.76. The molecule has 0 aliphatic rings. The smallest absolute Gasteiger partial charge is 0.256 e. The van der Waals surface area contributed by atoms with Crippen molar-refractivity contribution in [2.45, 2.75) is 6.92 Å². The number of amides is 1. The second-order valence-corrected chi connectivity index (χ2v) is 5.68. The summed E-state index contributed by atoms with van der Waals surface area (Å²) in [5.74, 6) is -0.180. The van der Waals surface area contributed by atoms with Gasteiger partial charge in [-0.15, -0.1) is 0 Å². The first-order valence-electron chi connectivity index (χ1n) is 5.95. The van der Waals surface area contributed by atoms with Crippen LogP contribution in [0.1, 0.15) is 21.5 Å². The maximum Gasteiger partial charge on any atom is 0.256 e. The van der Waals surface area contributed by atoms with Crippen LogP contribution in [0.5, 0.6) is 0 Å². The zero-order valence-corrected chi connectivity index (χ0v) is 13.2. The second kappa shape index (κ2) is 6.15. The van der Waals surface area contributed by atoms with Gasteiger partial charge in [-0.2, -0.15) is 0 Å². The second-order valence-electron chi connectivity index (χ2n) is 4.38. The van der Waals surface area contributed by atoms with Crippen LogP contribution in [0.4, 0.5) is 5.69 Å². The minimum Gasteiger partial charge on any atom is -0.389 e. The highest BCUT2D eigenvalue weighted by atomic mass is 79.9. The van der Waals surface area contributed by atoms with Gasteiger partial charge in [-0.05, 0) is 47.1 Å². The van der Waals surface area contributed by atoms with Crippen molar-refractivity contribution >= 4 is 44.7 Å². The summed E-state index contributed by atoms with van der Waals surface area (Å²) in [7, 11) is 0. The standard InChI is InChI=1S/C15H13BrN2OS/c1-9-5-6-13(16)12(7-9)15(19)18-11-4-2-3-10(8-11)14(17)20/h2-8H,1H3,(H2,17,20)(H,18,19). The summed E-state index contributed by atoms with van der Waals surface area (Å²) in [6.07, 6.45) is 0. The Kier molecular flexibility index (Phi) is 4.52. The number of thiocarbonyl (C=S) groups is 1. The molecule has 0 atom stereocenters. The molecule has 0 bridgehead atoms. The number of carbonyl (C=O) groups excluding carboxylic acids is 1. The minimum absolute atomic E-state index is 0.180. The number of nitrogens with one attached hydrogen (secondary N) is 1. The first-order valence-corrected chi connectivity index (χ1v) is 7.15. The van der Waals surface area contributed by atoms with Crippen molar-refractivity contribution in [1.29, 1.82) is 0 Å². The summed E-state index contributed by atoms with van der Waals surface area (Å²) in [5, 5.41) is 2.84. The van der Waals surface area contributed by atoms with Gasteiger partial charge >= 0.3 is 0 Å². The van der Waals surface area contributed by atoms with E-state index in [1.54, 1.807) is 24.3 Å². The van der Waals surface area contributed by atoms with Gasteiger partial charge in [0.05, 0.1) is 5.56 Å². The first kappa shape index (κ1) is 14.7. The Morgan fingerprint density at radius 1 is 1.25 bits per heavy atom. The van der Waals surface area contributed by atoms with Crippen LogP contribution in [0.2, 0.25) is 0 Å². The molecule has 0 aromatic heterocycles. The van der Waals surface area contributed by atoms with E-state index in [-0.39, 0.29) is 5.91 Å². The highest BCUT2D eigenvalue weighted by Gasteiger charge is 2.11. The molecule has 2 aromatic carbocycles. The van der Waals surface area contributed by atoms with Crippen LogP contribution >= 0.6 is 28.1 Å². The number of hydrogen-bond donors (Lipinski definition) is 2. The average molecular weight is 349 g/mol. The molecule has 3 nitrogen and oxygen atoms in total. The van der Waals surface area contributed by atoms with Crippen LogP contribution in [0, 0.1) is 6.92 Å². The molecule has 0 saturated carbocycles. The Balaban J connectivity index is 2.25. The lowest BCUT2D eigenvalue weighted by Gasteiger charge is -2.09. The molecule has 3 N–H and O–H groups in total. The van der Waals surface area contributed by atoms with Gasteiger partial charge in [-0.1, -0.05) is 36.0 Å². The van der Waals surface area contributed by atoms with Gasteiger partial charge in [-0.25, -0.2) is 0 Å². The van der Waals surface area contributed by atoms with E-state index in [9.17, 15) is 4.79 Å². The number of nitrogens with two attached hydrogens (primary N) is 1. The van der Waals surface area contributed by atoms with Gasteiger partial charge in [0.2, 0.25) is 0 Å². The molecule has 0 unspecified atom stereocenters. The number of carbonyl (C=O) groups is 1.